The van der Waals surface area contributed by atoms with Crippen LogP contribution in [0.2, 0.25) is 0 Å². The van der Waals surface area contributed by atoms with Crippen LogP contribution in [0.25, 0.3) is 0 Å². The predicted octanol–water partition coefficient (Wildman–Crippen LogP) is -0.128. The second-order valence-electron chi connectivity index (χ2n) is 3.22. The van der Waals surface area contributed by atoms with Crippen molar-refractivity contribution in [3.63, 3.8) is 0 Å². The van der Waals surface area contributed by atoms with Crippen LogP contribution in [0.4, 0.5) is 0 Å². The van der Waals surface area contributed by atoms with E-state index in [4.69, 9.17) is 20.4 Å². The summed E-state index contributed by atoms with van der Waals surface area (Å²) < 4.78 is 0. The van der Waals surface area contributed by atoms with E-state index in [1.807, 2.05) is 18.2 Å². The van der Waals surface area contributed by atoms with Crippen LogP contribution < -0.4 is 0 Å². The highest BCUT2D eigenvalue weighted by molar-refractivity contribution is 5.83. The maximum Gasteiger partial charge on any atom is 0.335 e. The summed E-state index contributed by atoms with van der Waals surface area (Å²) in [5.41, 5.74) is 1.32. The number of carboxylic acids is 2. The molecule has 0 spiro atoms. The standard InChI is InChI=1S/C7H8.C4H6O6/c1-7-5-3-2-4-6-7;5-1(3(7)8)2(6)4(9)10/h2-6H,1H3;1-2,5-6H,(H,7,8)(H,9,10). The Morgan fingerprint density at radius 2 is 1.29 bits per heavy atom. The minimum Gasteiger partial charge on any atom is -0.479 e. The molecule has 2 atom stereocenters. The van der Waals surface area contributed by atoms with E-state index in [0.717, 1.165) is 0 Å². The fourth-order valence-corrected chi connectivity index (χ4v) is 0.804. The summed E-state index contributed by atoms with van der Waals surface area (Å²) in [4.78, 5) is 19.5. The van der Waals surface area contributed by atoms with Crippen LogP contribution in [0.1, 0.15) is 5.56 Å². The molecule has 0 radical (unpaired) electrons. The molecule has 2 unspecified atom stereocenters. The first-order valence-electron chi connectivity index (χ1n) is 4.69. The highest BCUT2D eigenvalue weighted by Crippen LogP contribution is 1.93. The summed E-state index contributed by atoms with van der Waals surface area (Å²) in [6, 6.07) is 10.3. The molecule has 6 heteroatoms. The Morgan fingerprint density at radius 1 is 0.941 bits per heavy atom. The number of hydrogen-bond acceptors (Lipinski definition) is 4. The number of hydrogen-bond donors (Lipinski definition) is 4. The van der Waals surface area contributed by atoms with E-state index in [1.165, 1.54) is 5.56 Å². The van der Waals surface area contributed by atoms with Crippen LogP contribution in [0.5, 0.6) is 0 Å². The van der Waals surface area contributed by atoms with Gasteiger partial charge < -0.3 is 20.4 Å². The molecule has 1 aromatic carbocycles. The SMILES string of the molecule is Cc1ccccc1.O=C(O)C(O)C(O)C(=O)O. The second-order valence-corrected chi connectivity index (χ2v) is 3.22. The summed E-state index contributed by atoms with van der Waals surface area (Å²) >= 11 is 0. The van der Waals surface area contributed by atoms with Gasteiger partial charge in [-0.2, -0.15) is 0 Å². The van der Waals surface area contributed by atoms with Gasteiger partial charge in [-0.05, 0) is 6.92 Å². The molecule has 0 aliphatic carbocycles. The molecule has 17 heavy (non-hydrogen) atoms. The van der Waals surface area contributed by atoms with Crippen molar-refractivity contribution in [1.29, 1.82) is 0 Å². The molecule has 0 aromatic heterocycles. The molecule has 1 aromatic rings. The maximum absolute atomic E-state index is 9.77. The zero-order valence-electron chi connectivity index (χ0n) is 9.15. The van der Waals surface area contributed by atoms with Crippen molar-refractivity contribution in [3.8, 4) is 0 Å². The Balaban J connectivity index is 0.000000318. The number of rotatable bonds is 3. The number of aliphatic carboxylic acids is 2. The van der Waals surface area contributed by atoms with Crippen molar-refractivity contribution in [3.05, 3.63) is 35.9 Å². The first-order valence-corrected chi connectivity index (χ1v) is 4.69. The lowest BCUT2D eigenvalue weighted by atomic mass is 10.2. The third kappa shape index (κ3) is 6.29. The third-order valence-corrected chi connectivity index (χ3v) is 1.75. The molecule has 0 heterocycles. The zero-order chi connectivity index (χ0) is 13.4. The van der Waals surface area contributed by atoms with E-state index in [9.17, 15) is 9.59 Å². The Kier molecular flexibility index (Phi) is 6.54. The summed E-state index contributed by atoms with van der Waals surface area (Å²) in [5, 5.41) is 32.5. The topological polar surface area (TPSA) is 115 Å². The van der Waals surface area contributed by atoms with Crippen LogP contribution in [0.15, 0.2) is 30.3 Å². The van der Waals surface area contributed by atoms with E-state index >= 15 is 0 Å². The summed E-state index contributed by atoms with van der Waals surface area (Å²) in [5.74, 6) is -3.54. The highest BCUT2D eigenvalue weighted by atomic mass is 16.4. The zero-order valence-corrected chi connectivity index (χ0v) is 9.15. The van der Waals surface area contributed by atoms with Gasteiger partial charge in [-0.25, -0.2) is 9.59 Å². The fraction of sp³-hybridized carbons (Fsp3) is 0.273. The lowest BCUT2D eigenvalue weighted by Crippen LogP contribution is -2.39. The number of carboxylic acid groups (broad SMARTS) is 2. The van der Waals surface area contributed by atoms with Crippen LogP contribution >= 0.6 is 0 Å². The molecule has 0 aliphatic heterocycles. The van der Waals surface area contributed by atoms with Crippen molar-refractivity contribution in [2.75, 3.05) is 0 Å². The van der Waals surface area contributed by atoms with E-state index in [0.29, 0.717) is 0 Å². The lowest BCUT2D eigenvalue weighted by molar-refractivity contribution is -0.165. The fourth-order valence-electron chi connectivity index (χ4n) is 0.804. The van der Waals surface area contributed by atoms with Gasteiger partial charge in [0.05, 0.1) is 0 Å². The molecule has 0 saturated carbocycles. The molecule has 0 aliphatic rings. The van der Waals surface area contributed by atoms with Gasteiger partial charge in [-0.3, -0.25) is 0 Å². The molecule has 0 saturated heterocycles. The first-order chi connectivity index (χ1) is 7.86. The van der Waals surface area contributed by atoms with Gasteiger partial charge in [-0.15, -0.1) is 0 Å². The van der Waals surface area contributed by atoms with E-state index in [1.54, 1.807) is 0 Å². The van der Waals surface area contributed by atoms with Crippen molar-refractivity contribution in [2.45, 2.75) is 19.1 Å². The Morgan fingerprint density at radius 3 is 1.47 bits per heavy atom. The van der Waals surface area contributed by atoms with Crippen molar-refractivity contribution in [2.24, 2.45) is 0 Å². The third-order valence-electron chi connectivity index (χ3n) is 1.75. The van der Waals surface area contributed by atoms with Gasteiger partial charge in [0.25, 0.3) is 0 Å². The van der Waals surface area contributed by atoms with Crippen molar-refractivity contribution in [1.82, 2.24) is 0 Å². The Bertz CT molecular complexity index is 343. The van der Waals surface area contributed by atoms with Crippen LogP contribution in [-0.4, -0.2) is 44.6 Å². The summed E-state index contributed by atoms with van der Waals surface area (Å²) in [7, 11) is 0. The summed E-state index contributed by atoms with van der Waals surface area (Å²) in [6.07, 6.45) is -4.53. The smallest absolute Gasteiger partial charge is 0.335 e. The average molecular weight is 242 g/mol. The van der Waals surface area contributed by atoms with Crippen LogP contribution in [-0.2, 0) is 9.59 Å². The second kappa shape index (κ2) is 7.37. The minimum atomic E-state index is -2.27. The number of carbonyl (C=O) groups is 2. The van der Waals surface area contributed by atoms with E-state index in [-0.39, 0.29) is 0 Å². The molecular weight excluding hydrogens is 228 g/mol. The van der Waals surface area contributed by atoms with E-state index in [2.05, 4.69) is 19.1 Å². The molecule has 4 N–H and O–H groups in total. The van der Waals surface area contributed by atoms with Crippen LogP contribution in [0, 0.1) is 6.92 Å². The van der Waals surface area contributed by atoms with Gasteiger partial charge in [0, 0.05) is 0 Å². The maximum atomic E-state index is 9.77. The van der Waals surface area contributed by atoms with Crippen molar-refractivity contribution >= 4 is 11.9 Å². The Labute approximate surface area is 97.8 Å². The first kappa shape index (κ1) is 15.1. The minimum absolute atomic E-state index is 1.32. The van der Waals surface area contributed by atoms with Gasteiger partial charge in [0.1, 0.15) is 0 Å². The van der Waals surface area contributed by atoms with Crippen molar-refractivity contribution < 1.29 is 30.0 Å². The predicted molar refractivity (Wildman–Crippen MR) is 58.5 cm³/mol. The number of aliphatic hydroxyl groups is 2. The molecule has 0 fully saturated rings. The number of aliphatic hydroxyl groups excluding tert-OH is 2. The Hall–Kier alpha value is -1.92. The van der Waals surface area contributed by atoms with Gasteiger partial charge >= 0.3 is 11.9 Å². The van der Waals surface area contributed by atoms with Gasteiger partial charge in [0.2, 0.25) is 0 Å². The molecule has 6 nitrogen and oxygen atoms in total. The molecule has 1 rings (SSSR count). The quantitative estimate of drug-likeness (QED) is 0.587. The average Bonchev–Trinajstić information content (AvgIpc) is 2.28. The normalized spacial score (nSPS) is 12.9. The number of benzene rings is 1. The lowest BCUT2D eigenvalue weighted by Gasteiger charge is -2.07. The molecular formula is C11H14O6. The van der Waals surface area contributed by atoms with Gasteiger partial charge in [0.15, 0.2) is 12.2 Å². The molecule has 94 valence electrons. The summed E-state index contributed by atoms with van der Waals surface area (Å²) in [6.45, 7) is 2.08. The van der Waals surface area contributed by atoms with Gasteiger partial charge in [-0.1, -0.05) is 35.9 Å². The van der Waals surface area contributed by atoms with E-state index < -0.39 is 24.1 Å². The number of aryl methyl sites for hydroxylation is 1. The monoisotopic (exact) mass is 242 g/mol. The largest absolute Gasteiger partial charge is 0.479 e. The highest BCUT2D eigenvalue weighted by Gasteiger charge is 2.29. The molecule has 0 amide bonds. The van der Waals surface area contributed by atoms with Crippen LogP contribution in [0.3, 0.4) is 0 Å². The molecule has 0 bridgehead atoms.